The monoisotopic (exact) mass is 329 g/mol. The van der Waals surface area contributed by atoms with Crippen molar-refractivity contribution in [3.63, 3.8) is 0 Å². The van der Waals surface area contributed by atoms with Crippen LogP contribution < -0.4 is 15.4 Å². The summed E-state index contributed by atoms with van der Waals surface area (Å²) in [4.78, 5) is 24.3. The highest BCUT2D eigenvalue weighted by molar-refractivity contribution is 7.90. The van der Waals surface area contributed by atoms with Crippen LogP contribution >= 0.6 is 0 Å². The first-order chi connectivity index (χ1) is 10.4. The molecule has 0 aromatic carbocycles. The lowest BCUT2D eigenvalue weighted by molar-refractivity contribution is -0.129. The van der Waals surface area contributed by atoms with Gasteiger partial charge in [-0.25, -0.2) is 8.42 Å². The van der Waals surface area contributed by atoms with Gasteiger partial charge in [0, 0.05) is 0 Å². The molecule has 0 aromatic rings. The number of rotatable bonds is 8. The molecule has 0 aromatic heterocycles. The highest BCUT2D eigenvalue weighted by Gasteiger charge is 2.38. The van der Waals surface area contributed by atoms with Crippen molar-refractivity contribution in [3.8, 4) is 0 Å². The van der Waals surface area contributed by atoms with Crippen LogP contribution in [0.15, 0.2) is 12.7 Å². The van der Waals surface area contributed by atoms with Gasteiger partial charge in [0.05, 0.1) is 11.3 Å². The van der Waals surface area contributed by atoms with Gasteiger partial charge in [-0.2, -0.15) is 0 Å². The molecule has 22 heavy (non-hydrogen) atoms. The maximum Gasteiger partial charge on any atom is 0.256 e. The minimum atomic E-state index is -3.60. The number of sulfonamides is 1. The summed E-state index contributed by atoms with van der Waals surface area (Å²) in [6.07, 6.45) is 5.28. The van der Waals surface area contributed by atoms with E-state index in [0.29, 0.717) is 25.7 Å². The zero-order valence-electron chi connectivity index (χ0n) is 12.5. The second-order valence-corrected chi connectivity index (χ2v) is 7.75. The molecule has 124 valence electrons. The Morgan fingerprint density at radius 2 is 2.05 bits per heavy atom. The van der Waals surface area contributed by atoms with E-state index in [0.717, 1.165) is 19.4 Å². The van der Waals surface area contributed by atoms with Crippen LogP contribution in [0, 0.1) is 0 Å². The van der Waals surface area contributed by atoms with E-state index in [1.165, 1.54) is 0 Å². The number of nitrogens with one attached hydrogen (secondary N) is 3. The number of carbonyl (C=O) groups excluding carboxylic acids is 2. The molecular formula is C14H23N3O4S. The van der Waals surface area contributed by atoms with E-state index in [2.05, 4.69) is 21.9 Å². The van der Waals surface area contributed by atoms with Crippen molar-refractivity contribution in [1.29, 1.82) is 0 Å². The van der Waals surface area contributed by atoms with Gasteiger partial charge in [-0.1, -0.05) is 6.08 Å². The first-order valence-electron chi connectivity index (χ1n) is 7.64. The first kappa shape index (κ1) is 17.0. The highest BCUT2D eigenvalue weighted by Crippen LogP contribution is 2.27. The fourth-order valence-corrected chi connectivity index (χ4v) is 3.75. The third-order valence-electron chi connectivity index (χ3n) is 3.88. The van der Waals surface area contributed by atoms with Crippen molar-refractivity contribution >= 4 is 21.8 Å². The Labute approximate surface area is 131 Å². The van der Waals surface area contributed by atoms with Gasteiger partial charge in [0.1, 0.15) is 6.04 Å². The fraction of sp³-hybridized carbons (Fsp3) is 0.714. The normalized spacial score (nSPS) is 22.8. The van der Waals surface area contributed by atoms with Crippen molar-refractivity contribution in [1.82, 2.24) is 15.4 Å². The van der Waals surface area contributed by atoms with Crippen LogP contribution in [-0.2, 0) is 19.6 Å². The van der Waals surface area contributed by atoms with Crippen LogP contribution in [-0.4, -0.2) is 44.1 Å². The highest BCUT2D eigenvalue weighted by atomic mass is 32.2. The molecule has 2 unspecified atom stereocenters. The van der Waals surface area contributed by atoms with Crippen LogP contribution in [0.2, 0.25) is 0 Å². The lowest BCUT2D eigenvalue weighted by atomic mass is 10.1. The molecule has 1 heterocycles. The zero-order chi connectivity index (χ0) is 16.2. The molecule has 2 aliphatic rings. The van der Waals surface area contributed by atoms with Crippen LogP contribution in [0.25, 0.3) is 0 Å². The second-order valence-electron chi connectivity index (χ2n) is 5.79. The average Bonchev–Trinajstić information content (AvgIpc) is 3.19. The quantitative estimate of drug-likeness (QED) is 0.535. The summed E-state index contributed by atoms with van der Waals surface area (Å²) >= 11 is 0. The van der Waals surface area contributed by atoms with E-state index in [9.17, 15) is 18.0 Å². The van der Waals surface area contributed by atoms with E-state index in [1.54, 1.807) is 6.08 Å². The Kier molecular flexibility index (Phi) is 5.57. The number of hydrogen-bond acceptors (Lipinski definition) is 5. The molecule has 0 bridgehead atoms. The van der Waals surface area contributed by atoms with Gasteiger partial charge in [0.25, 0.3) is 5.91 Å². The third kappa shape index (κ3) is 4.54. The lowest BCUT2D eigenvalue weighted by Crippen LogP contribution is -2.52. The van der Waals surface area contributed by atoms with E-state index in [4.69, 9.17) is 0 Å². The molecule has 2 amide bonds. The number of amides is 2. The van der Waals surface area contributed by atoms with Crippen LogP contribution in [0.1, 0.15) is 38.5 Å². The summed E-state index contributed by atoms with van der Waals surface area (Å²) in [5, 5.41) is 5.23. The van der Waals surface area contributed by atoms with E-state index >= 15 is 0 Å². The van der Waals surface area contributed by atoms with Gasteiger partial charge in [-0.05, 0) is 45.1 Å². The van der Waals surface area contributed by atoms with Crippen molar-refractivity contribution in [2.45, 2.75) is 55.9 Å². The van der Waals surface area contributed by atoms with Gasteiger partial charge >= 0.3 is 0 Å². The van der Waals surface area contributed by atoms with Crippen molar-refractivity contribution in [2.75, 3.05) is 6.54 Å². The molecule has 8 heteroatoms. The minimum absolute atomic E-state index is 0.259. The Balaban J connectivity index is 1.96. The van der Waals surface area contributed by atoms with E-state index < -0.39 is 27.2 Å². The van der Waals surface area contributed by atoms with Gasteiger partial charge in [0.2, 0.25) is 15.9 Å². The summed E-state index contributed by atoms with van der Waals surface area (Å²) in [5.41, 5.74) is 0. The van der Waals surface area contributed by atoms with Gasteiger partial charge in [-0.15, -0.1) is 6.58 Å². The molecule has 0 radical (unpaired) electrons. The molecule has 2 atom stereocenters. The molecule has 1 saturated heterocycles. The van der Waals surface area contributed by atoms with Crippen LogP contribution in [0.3, 0.4) is 0 Å². The van der Waals surface area contributed by atoms with Gasteiger partial charge in [0.15, 0.2) is 0 Å². The summed E-state index contributed by atoms with van der Waals surface area (Å²) in [7, 11) is -3.60. The fourth-order valence-electron chi connectivity index (χ4n) is 2.41. The van der Waals surface area contributed by atoms with E-state index in [1.807, 2.05) is 0 Å². The molecule has 2 fully saturated rings. The predicted octanol–water partition coefficient (Wildman–Crippen LogP) is -0.202. The van der Waals surface area contributed by atoms with E-state index in [-0.39, 0.29) is 11.9 Å². The standard InChI is InChI=1S/C14H23N3O4S/c1-2-3-5-12(16-13(18)11-6-4-9-15-11)14(19)17-22(20,21)10-7-8-10/h2,10-12,15H,1,3-9H2,(H,16,18)(H,17,19). The smallest absolute Gasteiger partial charge is 0.256 e. The Morgan fingerprint density at radius 1 is 1.32 bits per heavy atom. The van der Waals surface area contributed by atoms with Gasteiger partial charge < -0.3 is 10.6 Å². The summed E-state index contributed by atoms with van der Waals surface area (Å²) < 4.78 is 25.8. The minimum Gasteiger partial charge on any atom is -0.343 e. The Morgan fingerprint density at radius 3 is 2.59 bits per heavy atom. The van der Waals surface area contributed by atoms with Crippen LogP contribution in [0.5, 0.6) is 0 Å². The van der Waals surface area contributed by atoms with Crippen molar-refractivity contribution < 1.29 is 18.0 Å². The molecule has 1 aliphatic heterocycles. The average molecular weight is 329 g/mol. The Bertz CT molecular complexity index is 536. The SMILES string of the molecule is C=CCCC(NC(=O)C1CCCN1)C(=O)NS(=O)(=O)C1CC1. The predicted molar refractivity (Wildman–Crippen MR) is 82.5 cm³/mol. The van der Waals surface area contributed by atoms with Gasteiger partial charge in [-0.3, -0.25) is 14.3 Å². The number of carbonyl (C=O) groups is 2. The molecule has 2 rings (SSSR count). The Hall–Kier alpha value is -1.41. The maximum absolute atomic E-state index is 12.2. The van der Waals surface area contributed by atoms with Crippen LogP contribution in [0.4, 0.5) is 0 Å². The van der Waals surface area contributed by atoms with Crippen molar-refractivity contribution in [3.05, 3.63) is 12.7 Å². The number of allylic oxidation sites excluding steroid dienone is 1. The third-order valence-corrected chi connectivity index (χ3v) is 5.71. The first-order valence-corrected chi connectivity index (χ1v) is 9.19. The molecule has 0 spiro atoms. The maximum atomic E-state index is 12.2. The zero-order valence-corrected chi connectivity index (χ0v) is 13.3. The molecule has 7 nitrogen and oxygen atoms in total. The summed E-state index contributed by atoms with van der Waals surface area (Å²) in [5.74, 6) is -0.925. The molecular weight excluding hydrogens is 306 g/mol. The lowest BCUT2D eigenvalue weighted by Gasteiger charge is -2.20. The molecule has 3 N–H and O–H groups in total. The summed E-state index contributed by atoms with van der Waals surface area (Å²) in [6, 6.07) is -1.17. The summed E-state index contributed by atoms with van der Waals surface area (Å²) in [6.45, 7) is 4.36. The number of hydrogen-bond donors (Lipinski definition) is 3. The molecule has 1 saturated carbocycles. The van der Waals surface area contributed by atoms with Crippen molar-refractivity contribution in [2.24, 2.45) is 0 Å². The second kappa shape index (κ2) is 7.23. The largest absolute Gasteiger partial charge is 0.343 e. The molecule has 1 aliphatic carbocycles. The topological polar surface area (TPSA) is 104 Å².